The van der Waals surface area contributed by atoms with E-state index in [2.05, 4.69) is 46.5 Å². The molecule has 0 aromatic carbocycles. The van der Waals surface area contributed by atoms with Crippen molar-refractivity contribution in [2.45, 2.75) is 52.1 Å². The van der Waals surface area contributed by atoms with Crippen LogP contribution < -0.4 is 5.32 Å². The zero-order chi connectivity index (χ0) is 11.1. The molecule has 0 aliphatic carbocycles. The van der Waals surface area contributed by atoms with Gasteiger partial charge in [-0.25, -0.2) is 0 Å². The van der Waals surface area contributed by atoms with E-state index in [9.17, 15) is 0 Å². The van der Waals surface area contributed by atoms with Crippen molar-refractivity contribution in [3.63, 3.8) is 0 Å². The number of unbranched alkanes of at least 4 members (excludes halogenated alkanes) is 1. The quantitative estimate of drug-likeness (QED) is 0.775. The van der Waals surface area contributed by atoms with E-state index < -0.39 is 0 Å². The summed E-state index contributed by atoms with van der Waals surface area (Å²) in [4.78, 5) is 1.41. The molecule has 1 aromatic rings. The molecule has 0 saturated carbocycles. The normalized spacial score (nSPS) is 13.0. The first-order chi connectivity index (χ1) is 7.27. The van der Waals surface area contributed by atoms with Gasteiger partial charge in [0.15, 0.2) is 0 Å². The van der Waals surface area contributed by atoms with E-state index in [1.54, 1.807) is 0 Å². The highest BCUT2D eigenvalue weighted by molar-refractivity contribution is 9.10. The predicted octanol–water partition coefficient (Wildman–Crippen LogP) is 4.57. The van der Waals surface area contributed by atoms with Gasteiger partial charge in [-0.3, -0.25) is 0 Å². The van der Waals surface area contributed by atoms with E-state index in [0.717, 1.165) is 6.54 Å². The molecule has 0 fully saturated rings. The fourth-order valence-electron chi connectivity index (χ4n) is 1.59. The second-order valence-corrected chi connectivity index (χ2v) is 5.68. The third-order valence-corrected chi connectivity index (χ3v) is 4.57. The molecular weight excluding hydrogens is 270 g/mol. The maximum atomic E-state index is 3.63. The SMILES string of the molecule is CCCCC(CC)NCc1sccc1Br. The van der Waals surface area contributed by atoms with Crippen LogP contribution in [0.3, 0.4) is 0 Å². The molecular formula is C12H20BrNS. The predicted molar refractivity (Wildman–Crippen MR) is 72.5 cm³/mol. The summed E-state index contributed by atoms with van der Waals surface area (Å²) < 4.78 is 1.24. The third-order valence-electron chi connectivity index (χ3n) is 2.64. The molecule has 0 aliphatic heterocycles. The molecule has 1 heterocycles. The molecule has 1 unspecified atom stereocenters. The average molecular weight is 290 g/mol. The zero-order valence-electron chi connectivity index (χ0n) is 9.55. The molecule has 1 N–H and O–H groups in total. The van der Waals surface area contributed by atoms with Crippen LogP contribution in [0.4, 0.5) is 0 Å². The highest BCUT2D eigenvalue weighted by atomic mass is 79.9. The summed E-state index contributed by atoms with van der Waals surface area (Å²) in [6.07, 6.45) is 5.15. The fraction of sp³-hybridized carbons (Fsp3) is 0.667. The minimum absolute atomic E-state index is 0.680. The van der Waals surface area contributed by atoms with Crippen LogP contribution in [-0.2, 0) is 6.54 Å². The van der Waals surface area contributed by atoms with Crippen molar-refractivity contribution in [3.8, 4) is 0 Å². The lowest BCUT2D eigenvalue weighted by molar-refractivity contribution is 0.453. The Morgan fingerprint density at radius 1 is 1.47 bits per heavy atom. The molecule has 1 nitrogen and oxygen atoms in total. The van der Waals surface area contributed by atoms with Crippen LogP contribution in [0.1, 0.15) is 44.4 Å². The Labute approximate surface area is 105 Å². The van der Waals surface area contributed by atoms with Crippen LogP contribution in [0.2, 0.25) is 0 Å². The Kier molecular flexibility index (Phi) is 6.53. The molecule has 3 heteroatoms. The van der Waals surface area contributed by atoms with Gasteiger partial charge in [-0.15, -0.1) is 11.3 Å². The first-order valence-corrected chi connectivity index (χ1v) is 7.40. The Bertz CT molecular complexity index is 272. The van der Waals surface area contributed by atoms with Crippen molar-refractivity contribution < 1.29 is 0 Å². The summed E-state index contributed by atoms with van der Waals surface area (Å²) in [7, 11) is 0. The second-order valence-electron chi connectivity index (χ2n) is 3.82. The van der Waals surface area contributed by atoms with E-state index >= 15 is 0 Å². The molecule has 15 heavy (non-hydrogen) atoms. The number of hydrogen-bond acceptors (Lipinski definition) is 2. The highest BCUT2D eigenvalue weighted by Gasteiger charge is 2.06. The van der Waals surface area contributed by atoms with Gasteiger partial charge in [0.1, 0.15) is 0 Å². The van der Waals surface area contributed by atoms with Crippen LogP contribution >= 0.6 is 27.3 Å². The van der Waals surface area contributed by atoms with E-state index in [1.165, 1.54) is 35.0 Å². The van der Waals surface area contributed by atoms with Gasteiger partial charge in [0.05, 0.1) is 0 Å². The number of nitrogens with one attached hydrogen (secondary N) is 1. The lowest BCUT2D eigenvalue weighted by Gasteiger charge is -2.16. The van der Waals surface area contributed by atoms with Gasteiger partial charge in [0.25, 0.3) is 0 Å². The molecule has 86 valence electrons. The van der Waals surface area contributed by atoms with E-state index in [4.69, 9.17) is 0 Å². The molecule has 0 aliphatic rings. The maximum absolute atomic E-state index is 3.63. The molecule has 0 bridgehead atoms. The molecule has 0 amide bonds. The standard InChI is InChI=1S/C12H20BrNS/c1-3-5-6-10(4-2)14-9-12-11(13)7-8-15-12/h7-8,10,14H,3-6,9H2,1-2H3. The summed E-state index contributed by atoms with van der Waals surface area (Å²) in [5.41, 5.74) is 0. The zero-order valence-corrected chi connectivity index (χ0v) is 12.0. The smallest absolute Gasteiger partial charge is 0.0327 e. The van der Waals surface area contributed by atoms with Crippen molar-refractivity contribution in [3.05, 3.63) is 20.8 Å². The Hall–Kier alpha value is 0.140. The van der Waals surface area contributed by atoms with Crippen LogP contribution in [0.15, 0.2) is 15.9 Å². The third kappa shape index (κ3) is 4.66. The van der Waals surface area contributed by atoms with Gasteiger partial charge in [-0.1, -0.05) is 26.7 Å². The van der Waals surface area contributed by atoms with Crippen molar-refractivity contribution in [2.75, 3.05) is 0 Å². The Balaban J connectivity index is 2.31. The molecule has 0 spiro atoms. The Morgan fingerprint density at radius 2 is 2.27 bits per heavy atom. The van der Waals surface area contributed by atoms with Gasteiger partial charge in [0, 0.05) is 21.9 Å². The van der Waals surface area contributed by atoms with Gasteiger partial charge < -0.3 is 5.32 Å². The average Bonchev–Trinajstić information content (AvgIpc) is 2.65. The van der Waals surface area contributed by atoms with Gasteiger partial charge >= 0.3 is 0 Å². The minimum atomic E-state index is 0.680. The number of rotatable bonds is 7. The maximum Gasteiger partial charge on any atom is 0.0327 e. The van der Waals surface area contributed by atoms with E-state index in [1.807, 2.05) is 11.3 Å². The summed E-state index contributed by atoms with van der Waals surface area (Å²) in [6, 6.07) is 2.80. The van der Waals surface area contributed by atoms with Gasteiger partial charge in [0.2, 0.25) is 0 Å². The number of thiophene rings is 1. The fourth-order valence-corrected chi connectivity index (χ4v) is 3.03. The summed E-state index contributed by atoms with van der Waals surface area (Å²) >= 11 is 5.38. The van der Waals surface area contributed by atoms with Gasteiger partial charge in [-0.05, 0) is 40.2 Å². The first kappa shape index (κ1) is 13.2. The van der Waals surface area contributed by atoms with Crippen LogP contribution in [0.25, 0.3) is 0 Å². The summed E-state index contributed by atoms with van der Waals surface area (Å²) in [5, 5.41) is 5.76. The molecule has 0 saturated heterocycles. The lowest BCUT2D eigenvalue weighted by atomic mass is 10.1. The Morgan fingerprint density at radius 3 is 2.80 bits per heavy atom. The topological polar surface area (TPSA) is 12.0 Å². The molecule has 1 rings (SSSR count). The molecule has 1 atom stereocenters. The monoisotopic (exact) mass is 289 g/mol. The molecule has 1 aromatic heterocycles. The number of hydrogen-bond donors (Lipinski definition) is 1. The van der Waals surface area contributed by atoms with Crippen molar-refractivity contribution in [1.82, 2.24) is 5.32 Å². The minimum Gasteiger partial charge on any atom is -0.309 e. The lowest BCUT2D eigenvalue weighted by Crippen LogP contribution is -2.27. The summed E-state index contributed by atoms with van der Waals surface area (Å²) in [5.74, 6) is 0. The number of halogens is 1. The van der Waals surface area contributed by atoms with Crippen molar-refractivity contribution in [1.29, 1.82) is 0 Å². The van der Waals surface area contributed by atoms with E-state index in [-0.39, 0.29) is 0 Å². The second kappa shape index (κ2) is 7.42. The van der Waals surface area contributed by atoms with Crippen molar-refractivity contribution in [2.24, 2.45) is 0 Å². The largest absolute Gasteiger partial charge is 0.309 e. The van der Waals surface area contributed by atoms with Crippen molar-refractivity contribution >= 4 is 27.3 Å². The van der Waals surface area contributed by atoms with Crippen LogP contribution in [0.5, 0.6) is 0 Å². The molecule has 0 radical (unpaired) electrons. The van der Waals surface area contributed by atoms with E-state index in [0.29, 0.717) is 6.04 Å². The summed E-state index contributed by atoms with van der Waals surface area (Å²) in [6.45, 7) is 5.51. The van der Waals surface area contributed by atoms with Crippen LogP contribution in [-0.4, -0.2) is 6.04 Å². The van der Waals surface area contributed by atoms with Gasteiger partial charge in [-0.2, -0.15) is 0 Å². The van der Waals surface area contributed by atoms with Crippen LogP contribution in [0, 0.1) is 0 Å². The highest BCUT2D eigenvalue weighted by Crippen LogP contribution is 2.22. The first-order valence-electron chi connectivity index (χ1n) is 5.73.